The number of rotatable bonds is 8. The minimum atomic E-state index is -0.468. The van der Waals surface area contributed by atoms with Gasteiger partial charge >= 0.3 is 5.97 Å². The first kappa shape index (κ1) is 21.4. The molecule has 150 valence electrons. The number of amides is 1. The number of esters is 1. The molecule has 0 aliphatic heterocycles. The number of hydrogen-bond acceptors (Lipinski definition) is 7. The van der Waals surface area contributed by atoms with Crippen LogP contribution in [0.2, 0.25) is 0 Å². The van der Waals surface area contributed by atoms with Crippen molar-refractivity contribution in [3.8, 4) is 11.5 Å². The molecular formula is C20H24N2O5S. The Labute approximate surface area is 168 Å². The van der Waals surface area contributed by atoms with Gasteiger partial charge in [0.05, 0.1) is 19.3 Å². The van der Waals surface area contributed by atoms with E-state index in [1.807, 2.05) is 19.2 Å². The van der Waals surface area contributed by atoms with E-state index in [2.05, 4.69) is 4.98 Å². The average Bonchev–Trinajstić information content (AvgIpc) is 3.10. The summed E-state index contributed by atoms with van der Waals surface area (Å²) in [6, 6.07) is 5.24. The highest BCUT2D eigenvalue weighted by Gasteiger charge is 2.17. The van der Waals surface area contributed by atoms with Gasteiger partial charge in [-0.1, -0.05) is 6.07 Å². The Bertz CT molecular complexity index is 873. The minimum Gasteiger partial charge on any atom is -0.490 e. The number of likely N-dealkylation sites (N-methyl/N-ethyl adjacent to an activating group) is 1. The lowest BCUT2D eigenvalue weighted by Gasteiger charge is -2.14. The highest BCUT2D eigenvalue weighted by molar-refractivity contribution is 7.11. The van der Waals surface area contributed by atoms with Crippen LogP contribution in [0.15, 0.2) is 23.6 Å². The maximum Gasteiger partial charge on any atom is 0.340 e. The molecule has 0 unspecified atom stereocenters. The van der Waals surface area contributed by atoms with Crippen molar-refractivity contribution < 1.29 is 23.8 Å². The number of aryl methyl sites for hydroxylation is 1. The van der Waals surface area contributed by atoms with Gasteiger partial charge in [-0.3, -0.25) is 4.79 Å². The summed E-state index contributed by atoms with van der Waals surface area (Å²) in [5.74, 6) is 0.323. The molecule has 0 fully saturated rings. The molecule has 0 bridgehead atoms. The van der Waals surface area contributed by atoms with Crippen LogP contribution in [0.1, 0.15) is 23.2 Å². The van der Waals surface area contributed by atoms with Gasteiger partial charge in [-0.2, -0.15) is 0 Å². The van der Waals surface area contributed by atoms with Gasteiger partial charge in [-0.15, -0.1) is 11.3 Å². The molecule has 0 aliphatic rings. The molecule has 2 aromatic rings. The molecule has 0 N–H and O–H groups in total. The van der Waals surface area contributed by atoms with Crippen molar-refractivity contribution in [2.45, 2.75) is 13.8 Å². The summed E-state index contributed by atoms with van der Waals surface area (Å²) in [7, 11) is 4.66. The lowest BCUT2D eigenvalue weighted by Crippen LogP contribution is -2.27. The van der Waals surface area contributed by atoms with Gasteiger partial charge in [0.15, 0.2) is 18.1 Å². The molecule has 1 heterocycles. The highest BCUT2D eigenvalue weighted by atomic mass is 32.1. The first-order valence-corrected chi connectivity index (χ1v) is 9.56. The van der Waals surface area contributed by atoms with Crippen LogP contribution in [-0.4, -0.2) is 56.2 Å². The van der Waals surface area contributed by atoms with Gasteiger partial charge in [0.25, 0.3) is 5.91 Å². The third kappa shape index (κ3) is 5.56. The Balaban J connectivity index is 2.35. The van der Waals surface area contributed by atoms with E-state index in [1.54, 1.807) is 38.4 Å². The Morgan fingerprint density at radius 3 is 2.54 bits per heavy atom. The number of aromatic nitrogens is 1. The average molecular weight is 404 g/mol. The van der Waals surface area contributed by atoms with Gasteiger partial charge in [0.2, 0.25) is 0 Å². The molecule has 7 nitrogen and oxygen atoms in total. The van der Waals surface area contributed by atoms with E-state index < -0.39 is 5.97 Å². The second-order valence-corrected chi connectivity index (χ2v) is 6.92. The summed E-state index contributed by atoms with van der Waals surface area (Å²) in [4.78, 5) is 29.8. The number of nitrogens with zero attached hydrogens (tertiary/aromatic N) is 2. The molecule has 0 saturated heterocycles. The molecule has 0 atom stereocenters. The number of methoxy groups -OCH3 is 1. The van der Waals surface area contributed by atoms with Gasteiger partial charge in [0.1, 0.15) is 5.01 Å². The van der Waals surface area contributed by atoms with Crippen molar-refractivity contribution in [3.63, 3.8) is 0 Å². The van der Waals surface area contributed by atoms with Crippen LogP contribution in [0.5, 0.6) is 11.5 Å². The molecule has 1 aromatic heterocycles. The van der Waals surface area contributed by atoms with E-state index in [-0.39, 0.29) is 12.5 Å². The van der Waals surface area contributed by atoms with Gasteiger partial charge in [-0.05, 0) is 37.6 Å². The summed E-state index contributed by atoms with van der Waals surface area (Å²) in [6.45, 7) is 4.06. The van der Waals surface area contributed by atoms with Crippen LogP contribution in [0.3, 0.4) is 0 Å². The number of carbonyl (C=O) groups excluding carboxylic acids is 2. The van der Waals surface area contributed by atoms with E-state index in [9.17, 15) is 9.59 Å². The fourth-order valence-electron chi connectivity index (χ4n) is 2.23. The SMILES string of the molecule is CCOc1cc(/C=C(\C(=O)OC)c2nc(C)cs2)ccc1OCC(=O)N(C)C. The third-order valence-corrected chi connectivity index (χ3v) is 4.68. The van der Waals surface area contributed by atoms with E-state index in [0.717, 1.165) is 11.3 Å². The van der Waals surface area contributed by atoms with Crippen LogP contribution in [0, 0.1) is 6.92 Å². The lowest BCUT2D eigenvalue weighted by atomic mass is 10.1. The van der Waals surface area contributed by atoms with Crippen molar-refractivity contribution in [3.05, 3.63) is 39.8 Å². The smallest absolute Gasteiger partial charge is 0.340 e. The Morgan fingerprint density at radius 2 is 1.96 bits per heavy atom. The second-order valence-electron chi connectivity index (χ2n) is 6.06. The third-order valence-electron chi connectivity index (χ3n) is 3.68. The van der Waals surface area contributed by atoms with Crippen molar-refractivity contribution in [2.24, 2.45) is 0 Å². The number of carbonyl (C=O) groups is 2. The first-order valence-electron chi connectivity index (χ1n) is 8.68. The number of ether oxygens (including phenoxy) is 3. The zero-order valence-electron chi connectivity index (χ0n) is 16.6. The molecule has 8 heteroatoms. The summed E-state index contributed by atoms with van der Waals surface area (Å²) in [6.07, 6.45) is 1.70. The molecule has 1 amide bonds. The number of hydrogen-bond donors (Lipinski definition) is 0. The normalized spacial score (nSPS) is 11.1. The van der Waals surface area contributed by atoms with Crippen molar-refractivity contribution in [1.29, 1.82) is 0 Å². The second kappa shape index (κ2) is 9.89. The predicted octanol–water partition coefficient (Wildman–Crippen LogP) is 3.03. The lowest BCUT2D eigenvalue weighted by molar-refractivity contribution is -0.133. The van der Waals surface area contributed by atoms with Crippen LogP contribution >= 0.6 is 11.3 Å². The number of benzene rings is 1. The zero-order chi connectivity index (χ0) is 20.7. The van der Waals surface area contributed by atoms with Crippen LogP contribution < -0.4 is 9.47 Å². The largest absolute Gasteiger partial charge is 0.490 e. The Kier molecular flexibility index (Phi) is 7.57. The molecule has 0 radical (unpaired) electrons. The summed E-state index contributed by atoms with van der Waals surface area (Å²) < 4.78 is 16.1. The highest BCUT2D eigenvalue weighted by Crippen LogP contribution is 2.31. The van der Waals surface area contributed by atoms with Crippen LogP contribution in [0.4, 0.5) is 0 Å². The van der Waals surface area contributed by atoms with E-state index in [0.29, 0.717) is 28.7 Å². The molecule has 0 spiro atoms. The molecule has 0 aliphatic carbocycles. The van der Waals surface area contributed by atoms with E-state index >= 15 is 0 Å². The van der Waals surface area contributed by atoms with Crippen molar-refractivity contribution in [2.75, 3.05) is 34.4 Å². The Hall–Kier alpha value is -2.87. The van der Waals surface area contributed by atoms with Gasteiger partial charge in [0, 0.05) is 25.2 Å². The van der Waals surface area contributed by atoms with E-state index in [1.165, 1.54) is 23.3 Å². The van der Waals surface area contributed by atoms with Crippen LogP contribution in [-0.2, 0) is 14.3 Å². The summed E-state index contributed by atoms with van der Waals surface area (Å²) in [5, 5.41) is 2.45. The monoisotopic (exact) mass is 404 g/mol. The number of thiazole rings is 1. The zero-order valence-corrected chi connectivity index (χ0v) is 17.5. The van der Waals surface area contributed by atoms with Crippen LogP contribution in [0.25, 0.3) is 11.6 Å². The molecular weight excluding hydrogens is 380 g/mol. The maximum atomic E-state index is 12.2. The van der Waals surface area contributed by atoms with Gasteiger partial charge < -0.3 is 19.1 Å². The molecule has 2 rings (SSSR count). The van der Waals surface area contributed by atoms with E-state index in [4.69, 9.17) is 14.2 Å². The Morgan fingerprint density at radius 1 is 1.21 bits per heavy atom. The summed E-state index contributed by atoms with van der Waals surface area (Å²) >= 11 is 1.37. The molecule has 1 aromatic carbocycles. The minimum absolute atomic E-state index is 0.0892. The van der Waals surface area contributed by atoms with Crippen molar-refractivity contribution in [1.82, 2.24) is 9.88 Å². The first-order chi connectivity index (χ1) is 13.3. The predicted molar refractivity (Wildman–Crippen MR) is 109 cm³/mol. The fraction of sp³-hybridized carbons (Fsp3) is 0.350. The van der Waals surface area contributed by atoms with Gasteiger partial charge in [-0.25, -0.2) is 9.78 Å². The standard InChI is InChI=1S/C20H24N2O5S/c1-6-26-17-10-14(7-8-16(17)27-11-18(23)22(3)4)9-15(20(24)25-5)19-21-13(2)12-28-19/h7-10,12H,6,11H2,1-5H3/b15-9-. The fourth-order valence-corrected chi connectivity index (χ4v) is 3.03. The quantitative estimate of drug-likeness (QED) is 0.497. The summed E-state index contributed by atoms with van der Waals surface area (Å²) in [5.41, 5.74) is 1.92. The molecule has 28 heavy (non-hydrogen) atoms. The maximum absolute atomic E-state index is 12.2. The van der Waals surface area contributed by atoms with Crippen molar-refractivity contribution >= 4 is 34.9 Å². The topological polar surface area (TPSA) is 78.0 Å². The molecule has 0 saturated carbocycles.